The zero-order valence-electron chi connectivity index (χ0n) is 10.2. The second kappa shape index (κ2) is 3.84. The Labute approximate surface area is 105 Å². The number of aromatic amines is 1. The summed E-state index contributed by atoms with van der Waals surface area (Å²) < 4.78 is 0. The fraction of sp³-hybridized carbons (Fsp3) is 0.143. The van der Waals surface area contributed by atoms with Crippen molar-refractivity contribution in [1.29, 1.82) is 0 Å². The van der Waals surface area contributed by atoms with Crippen molar-refractivity contribution in [2.75, 3.05) is 5.32 Å². The summed E-state index contributed by atoms with van der Waals surface area (Å²) in [7, 11) is 0. The third kappa shape index (κ3) is 1.62. The highest BCUT2D eigenvalue weighted by Gasteiger charge is 2.24. The number of pyridine rings is 1. The van der Waals surface area contributed by atoms with Gasteiger partial charge in [-0.3, -0.25) is 9.78 Å². The first-order valence-corrected chi connectivity index (χ1v) is 5.79. The third-order valence-electron chi connectivity index (χ3n) is 3.08. The number of fused-ring (bicyclic) bond motifs is 1. The zero-order valence-corrected chi connectivity index (χ0v) is 10.2. The molecule has 3 rings (SSSR count). The standard InChI is InChI=1S/C14H13N3O/c1-8-5-9(2)16-13(8)6-10-11-7-15-4-3-12(11)17-14(10)18/h3-7,16H,1-2H3,(H,17,18). The van der Waals surface area contributed by atoms with E-state index in [-0.39, 0.29) is 5.91 Å². The van der Waals surface area contributed by atoms with Gasteiger partial charge in [-0.1, -0.05) is 0 Å². The summed E-state index contributed by atoms with van der Waals surface area (Å²) in [5.74, 6) is -0.0790. The van der Waals surface area contributed by atoms with E-state index in [1.54, 1.807) is 18.5 Å². The van der Waals surface area contributed by atoms with E-state index >= 15 is 0 Å². The highest BCUT2D eigenvalue weighted by atomic mass is 16.2. The largest absolute Gasteiger partial charge is 0.359 e. The number of amides is 1. The topological polar surface area (TPSA) is 57.8 Å². The Morgan fingerprint density at radius 3 is 2.89 bits per heavy atom. The van der Waals surface area contributed by atoms with Gasteiger partial charge in [0.1, 0.15) is 0 Å². The lowest BCUT2D eigenvalue weighted by atomic mass is 10.1. The molecular weight excluding hydrogens is 226 g/mol. The molecule has 4 nitrogen and oxygen atoms in total. The normalized spacial score (nSPS) is 15.9. The molecular formula is C14H13N3O. The number of carbonyl (C=O) groups is 1. The van der Waals surface area contributed by atoms with Gasteiger partial charge in [0.05, 0.1) is 11.3 Å². The van der Waals surface area contributed by atoms with Crippen molar-refractivity contribution >= 4 is 23.2 Å². The van der Waals surface area contributed by atoms with Crippen LogP contribution in [0.25, 0.3) is 11.6 Å². The molecule has 2 N–H and O–H groups in total. The first-order valence-electron chi connectivity index (χ1n) is 5.79. The molecule has 90 valence electrons. The number of H-pyrrole nitrogens is 1. The maximum Gasteiger partial charge on any atom is 0.256 e. The van der Waals surface area contributed by atoms with E-state index in [1.165, 1.54) is 0 Å². The molecule has 1 amide bonds. The lowest BCUT2D eigenvalue weighted by Gasteiger charge is -1.97. The van der Waals surface area contributed by atoms with Crippen molar-refractivity contribution in [3.8, 4) is 0 Å². The molecule has 1 aliphatic heterocycles. The molecule has 0 radical (unpaired) electrons. The maximum absolute atomic E-state index is 11.9. The van der Waals surface area contributed by atoms with Gasteiger partial charge in [0.2, 0.25) is 0 Å². The van der Waals surface area contributed by atoms with Gasteiger partial charge in [0, 0.05) is 29.3 Å². The molecule has 18 heavy (non-hydrogen) atoms. The molecule has 0 aromatic carbocycles. The summed E-state index contributed by atoms with van der Waals surface area (Å²) in [5.41, 5.74) is 5.52. The van der Waals surface area contributed by atoms with E-state index in [9.17, 15) is 4.79 Å². The fourth-order valence-corrected chi connectivity index (χ4v) is 2.22. The average molecular weight is 239 g/mol. The van der Waals surface area contributed by atoms with Gasteiger partial charge >= 0.3 is 0 Å². The first kappa shape index (κ1) is 10.8. The minimum absolute atomic E-state index is 0.0790. The second-order valence-corrected chi connectivity index (χ2v) is 4.48. The van der Waals surface area contributed by atoms with E-state index < -0.39 is 0 Å². The second-order valence-electron chi connectivity index (χ2n) is 4.48. The van der Waals surface area contributed by atoms with Crippen LogP contribution >= 0.6 is 0 Å². The number of anilines is 1. The Bertz CT molecular complexity index is 667. The molecule has 2 aromatic heterocycles. The number of aromatic nitrogens is 2. The number of aryl methyl sites for hydroxylation is 2. The minimum atomic E-state index is -0.0790. The number of nitrogens with zero attached hydrogens (tertiary/aromatic N) is 1. The van der Waals surface area contributed by atoms with Crippen LogP contribution in [0.2, 0.25) is 0 Å². The quantitative estimate of drug-likeness (QED) is 0.751. The van der Waals surface area contributed by atoms with E-state index in [2.05, 4.69) is 21.4 Å². The van der Waals surface area contributed by atoms with Crippen LogP contribution in [0.1, 0.15) is 22.5 Å². The van der Waals surface area contributed by atoms with Crippen LogP contribution < -0.4 is 5.32 Å². The Balaban J connectivity index is 2.12. The van der Waals surface area contributed by atoms with Crippen molar-refractivity contribution in [3.05, 3.63) is 47.0 Å². The summed E-state index contributed by atoms with van der Waals surface area (Å²) >= 11 is 0. The van der Waals surface area contributed by atoms with E-state index in [0.29, 0.717) is 5.57 Å². The summed E-state index contributed by atoms with van der Waals surface area (Å²) in [4.78, 5) is 19.2. The maximum atomic E-state index is 11.9. The molecule has 0 bridgehead atoms. The van der Waals surface area contributed by atoms with Gasteiger partial charge < -0.3 is 10.3 Å². The molecule has 0 saturated heterocycles. The van der Waals surface area contributed by atoms with Gasteiger partial charge in [-0.2, -0.15) is 0 Å². The first-order chi connectivity index (χ1) is 8.65. The lowest BCUT2D eigenvalue weighted by molar-refractivity contribution is -0.110. The van der Waals surface area contributed by atoms with Crippen molar-refractivity contribution < 1.29 is 4.79 Å². The molecule has 4 heteroatoms. The fourth-order valence-electron chi connectivity index (χ4n) is 2.22. The van der Waals surface area contributed by atoms with Crippen LogP contribution in [0, 0.1) is 13.8 Å². The molecule has 2 aromatic rings. The number of carbonyl (C=O) groups excluding carboxylic acids is 1. The predicted octanol–water partition coefficient (Wildman–Crippen LogP) is 2.52. The van der Waals surface area contributed by atoms with Crippen LogP contribution in [-0.2, 0) is 4.79 Å². The Morgan fingerprint density at radius 2 is 2.17 bits per heavy atom. The Hall–Kier alpha value is -2.36. The average Bonchev–Trinajstić information content (AvgIpc) is 2.81. The van der Waals surface area contributed by atoms with Crippen LogP contribution in [0.5, 0.6) is 0 Å². The smallest absolute Gasteiger partial charge is 0.256 e. The van der Waals surface area contributed by atoms with Crippen molar-refractivity contribution in [2.24, 2.45) is 0 Å². The highest BCUT2D eigenvalue weighted by molar-refractivity contribution is 6.34. The van der Waals surface area contributed by atoms with Crippen molar-refractivity contribution in [3.63, 3.8) is 0 Å². The third-order valence-corrected chi connectivity index (χ3v) is 3.08. The Morgan fingerprint density at radius 1 is 1.33 bits per heavy atom. The predicted molar refractivity (Wildman–Crippen MR) is 71.0 cm³/mol. The van der Waals surface area contributed by atoms with E-state index in [1.807, 2.05) is 19.9 Å². The molecule has 0 unspecified atom stereocenters. The van der Waals surface area contributed by atoms with Gasteiger partial charge in [0.25, 0.3) is 5.91 Å². The number of hydrogen-bond donors (Lipinski definition) is 2. The zero-order chi connectivity index (χ0) is 12.7. The van der Waals surface area contributed by atoms with Crippen molar-refractivity contribution in [2.45, 2.75) is 13.8 Å². The van der Waals surface area contributed by atoms with E-state index in [4.69, 9.17) is 0 Å². The monoisotopic (exact) mass is 239 g/mol. The molecule has 0 atom stereocenters. The van der Waals surface area contributed by atoms with Gasteiger partial charge in [-0.05, 0) is 37.6 Å². The molecule has 0 saturated carbocycles. The molecule has 0 aliphatic carbocycles. The molecule has 0 fully saturated rings. The van der Waals surface area contributed by atoms with Gasteiger partial charge in [-0.15, -0.1) is 0 Å². The van der Waals surface area contributed by atoms with E-state index in [0.717, 1.165) is 28.2 Å². The molecule has 0 spiro atoms. The Kier molecular flexibility index (Phi) is 2.30. The number of nitrogens with one attached hydrogen (secondary N) is 2. The molecule has 3 heterocycles. The van der Waals surface area contributed by atoms with Gasteiger partial charge in [0.15, 0.2) is 0 Å². The van der Waals surface area contributed by atoms with Crippen LogP contribution in [0.3, 0.4) is 0 Å². The van der Waals surface area contributed by atoms with Crippen LogP contribution in [0.15, 0.2) is 24.5 Å². The summed E-state index contributed by atoms with van der Waals surface area (Å²) in [6.45, 7) is 4.02. The highest BCUT2D eigenvalue weighted by Crippen LogP contribution is 2.32. The summed E-state index contributed by atoms with van der Waals surface area (Å²) in [5, 5.41) is 2.83. The van der Waals surface area contributed by atoms with Crippen LogP contribution in [0.4, 0.5) is 5.69 Å². The van der Waals surface area contributed by atoms with Crippen molar-refractivity contribution in [1.82, 2.24) is 9.97 Å². The SMILES string of the molecule is Cc1cc(C)c(C=C2C(=O)Nc3ccncc32)[nH]1. The van der Waals surface area contributed by atoms with Gasteiger partial charge in [-0.25, -0.2) is 0 Å². The summed E-state index contributed by atoms with van der Waals surface area (Å²) in [6, 6.07) is 3.87. The number of rotatable bonds is 1. The number of hydrogen-bond acceptors (Lipinski definition) is 2. The van der Waals surface area contributed by atoms with Crippen LogP contribution in [-0.4, -0.2) is 15.9 Å². The summed E-state index contributed by atoms with van der Waals surface area (Å²) in [6.07, 6.45) is 5.27. The molecule has 1 aliphatic rings. The minimum Gasteiger partial charge on any atom is -0.359 e. The lowest BCUT2D eigenvalue weighted by Crippen LogP contribution is -2.03.